The van der Waals surface area contributed by atoms with E-state index in [1.165, 1.54) is 0 Å². The molecule has 13 heavy (non-hydrogen) atoms. The van der Waals surface area contributed by atoms with E-state index in [0.29, 0.717) is 5.61 Å². The Balaban J connectivity index is 2.81. The molecule has 3 nitrogen and oxygen atoms in total. The van der Waals surface area contributed by atoms with E-state index in [9.17, 15) is 0 Å². The highest BCUT2D eigenvalue weighted by molar-refractivity contribution is 6.69. The number of nitrogens with one attached hydrogen (secondary N) is 1. The Morgan fingerprint density at radius 1 is 1.38 bits per heavy atom. The standard InChI is InChI=1S/C9H10BN2O/c1-7(10-13)12-9(11)8-5-3-2-4-6-8/h2-6,11,13H,1H3. The molecule has 0 saturated heterocycles. The van der Waals surface area contributed by atoms with Crippen molar-refractivity contribution in [3.63, 3.8) is 0 Å². The number of hydrogen-bond acceptors (Lipinski definition) is 2. The number of benzene rings is 1. The predicted octanol–water partition coefficient (Wildman–Crippen LogP) is 1.04. The van der Waals surface area contributed by atoms with Crippen LogP contribution in [0.2, 0.25) is 0 Å². The SMILES string of the molecule is CC([B]O)=NC(=N)c1ccccc1. The summed E-state index contributed by atoms with van der Waals surface area (Å²) in [5.41, 5.74) is 1.16. The molecule has 65 valence electrons. The monoisotopic (exact) mass is 173 g/mol. The van der Waals surface area contributed by atoms with Gasteiger partial charge in [-0.3, -0.25) is 5.41 Å². The Labute approximate surface area is 77.9 Å². The van der Waals surface area contributed by atoms with Crippen LogP contribution in [-0.4, -0.2) is 24.0 Å². The smallest absolute Gasteiger partial charge is 0.342 e. The molecule has 0 amide bonds. The number of rotatable bonds is 2. The summed E-state index contributed by atoms with van der Waals surface area (Å²) >= 11 is 0. The Kier molecular flexibility index (Phi) is 3.40. The molecule has 4 heteroatoms. The minimum absolute atomic E-state index is 0.156. The molecule has 0 bridgehead atoms. The van der Waals surface area contributed by atoms with Gasteiger partial charge in [0.05, 0.1) is 0 Å². The van der Waals surface area contributed by atoms with Gasteiger partial charge in [-0.05, 0) is 6.92 Å². The van der Waals surface area contributed by atoms with Crippen LogP contribution in [0.3, 0.4) is 0 Å². The van der Waals surface area contributed by atoms with Gasteiger partial charge in [0.25, 0.3) is 0 Å². The minimum atomic E-state index is 0.156. The largest absolute Gasteiger partial charge is 0.449 e. The van der Waals surface area contributed by atoms with E-state index < -0.39 is 0 Å². The summed E-state index contributed by atoms with van der Waals surface area (Å²) in [6, 6.07) is 9.17. The van der Waals surface area contributed by atoms with E-state index in [0.717, 1.165) is 13.0 Å². The lowest BCUT2D eigenvalue weighted by Gasteiger charge is -1.98. The van der Waals surface area contributed by atoms with Gasteiger partial charge in [0.1, 0.15) is 0 Å². The third kappa shape index (κ3) is 2.84. The van der Waals surface area contributed by atoms with Crippen LogP contribution in [0.15, 0.2) is 35.3 Å². The second-order valence-electron chi connectivity index (χ2n) is 2.60. The van der Waals surface area contributed by atoms with Crippen molar-refractivity contribution in [1.29, 1.82) is 5.41 Å². The van der Waals surface area contributed by atoms with Crippen molar-refractivity contribution in [1.82, 2.24) is 0 Å². The van der Waals surface area contributed by atoms with Crippen LogP contribution in [0.1, 0.15) is 12.5 Å². The van der Waals surface area contributed by atoms with Crippen LogP contribution < -0.4 is 0 Å². The summed E-state index contributed by atoms with van der Waals surface area (Å²) in [5, 5.41) is 16.1. The van der Waals surface area contributed by atoms with Crippen molar-refractivity contribution >= 4 is 18.9 Å². The first-order valence-corrected chi connectivity index (χ1v) is 3.90. The maximum atomic E-state index is 8.58. The van der Waals surface area contributed by atoms with Gasteiger partial charge in [-0.15, -0.1) is 0 Å². The molecule has 0 heterocycles. The molecule has 0 unspecified atom stereocenters. The van der Waals surface area contributed by atoms with Gasteiger partial charge in [-0.2, -0.15) is 0 Å². The normalized spacial score (nSPS) is 11.1. The molecular formula is C9H10BN2O. The highest BCUT2D eigenvalue weighted by atomic mass is 16.2. The summed E-state index contributed by atoms with van der Waals surface area (Å²) in [6.45, 7) is 1.64. The third-order valence-electron chi connectivity index (χ3n) is 1.52. The summed E-state index contributed by atoms with van der Waals surface area (Å²) < 4.78 is 0. The van der Waals surface area contributed by atoms with Crippen LogP contribution in [-0.2, 0) is 0 Å². The molecule has 1 aromatic carbocycles. The fraction of sp³-hybridized carbons (Fsp3) is 0.111. The maximum Gasteiger partial charge on any atom is 0.342 e. The molecular weight excluding hydrogens is 163 g/mol. The number of aliphatic imine (C=N–C) groups is 1. The molecule has 0 saturated carbocycles. The molecule has 2 N–H and O–H groups in total. The second-order valence-corrected chi connectivity index (χ2v) is 2.60. The predicted molar refractivity (Wildman–Crippen MR) is 54.4 cm³/mol. The van der Waals surface area contributed by atoms with E-state index in [2.05, 4.69) is 4.99 Å². The second kappa shape index (κ2) is 4.57. The van der Waals surface area contributed by atoms with Gasteiger partial charge < -0.3 is 5.02 Å². The highest BCUT2D eigenvalue weighted by Gasteiger charge is 1.98. The molecule has 0 aliphatic rings. The first kappa shape index (κ1) is 9.67. The summed E-state index contributed by atoms with van der Waals surface area (Å²) in [5.74, 6) is 0.156. The molecule has 0 atom stereocenters. The average molecular weight is 173 g/mol. The number of nitrogens with zero attached hydrogens (tertiary/aromatic N) is 1. The van der Waals surface area contributed by atoms with Crippen LogP contribution in [0.5, 0.6) is 0 Å². The van der Waals surface area contributed by atoms with Crippen molar-refractivity contribution < 1.29 is 5.02 Å². The Bertz CT molecular complexity index is 322. The van der Waals surface area contributed by atoms with Gasteiger partial charge in [0, 0.05) is 11.2 Å². The lowest BCUT2D eigenvalue weighted by atomic mass is 9.95. The summed E-state index contributed by atoms with van der Waals surface area (Å²) in [4.78, 5) is 3.86. The molecule has 1 aromatic rings. The molecule has 0 aliphatic carbocycles. The van der Waals surface area contributed by atoms with Gasteiger partial charge >= 0.3 is 7.48 Å². The Morgan fingerprint density at radius 3 is 2.54 bits per heavy atom. The lowest BCUT2D eigenvalue weighted by molar-refractivity contribution is 0.618. The van der Waals surface area contributed by atoms with E-state index in [4.69, 9.17) is 10.4 Å². The first-order chi connectivity index (χ1) is 6.24. The van der Waals surface area contributed by atoms with Crippen LogP contribution >= 0.6 is 0 Å². The first-order valence-electron chi connectivity index (χ1n) is 3.90. The van der Waals surface area contributed by atoms with Crippen molar-refractivity contribution in [3.05, 3.63) is 35.9 Å². The van der Waals surface area contributed by atoms with E-state index in [1.807, 2.05) is 18.2 Å². The summed E-state index contributed by atoms with van der Waals surface area (Å²) in [7, 11) is 0.886. The Hall–Kier alpha value is -1.42. The van der Waals surface area contributed by atoms with Crippen LogP contribution in [0.4, 0.5) is 0 Å². The van der Waals surface area contributed by atoms with E-state index in [1.54, 1.807) is 19.1 Å². The maximum absolute atomic E-state index is 8.58. The van der Waals surface area contributed by atoms with E-state index in [-0.39, 0.29) is 5.84 Å². The number of hydrogen-bond donors (Lipinski definition) is 2. The molecule has 1 rings (SSSR count). The van der Waals surface area contributed by atoms with Crippen LogP contribution in [0, 0.1) is 5.41 Å². The lowest BCUT2D eigenvalue weighted by Crippen LogP contribution is -2.07. The summed E-state index contributed by atoms with van der Waals surface area (Å²) in [6.07, 6.45) is 0. The highest BCUT2D eigenvalue weighted by Crippen LogP contribution is 2.00. The average Bonchev–Trinajstić information content (AvgIpc) is 2.19. The van der Waals surface area contributed by atoms with Crippen molar-refractivity contribution in [2.45, 2.75) is 6.92 Å². The fourth-order valence-corrected chi connectivity index (χ4v) is 0.866. The van der Waals surface area contributed by atoms with Crippen LogP contribution in [0.25, 0.3) is 0 Å². The van der Waals surface area contributed by atoms with Gasteiger partial charge in [-0.25, -0.2) is 4.99 Å². The minimum Gasteiger partial charge on any atom is -0.449 e. The van der Waals surface area contributed by atoms with Gasteiger partial charge in [0.15, 0.2) is 5.84 Å². The van der Waals surface area contributed by atoms with Crippen molar-refractivity contribution in [2.24, 2.45) is 4.99 Å². The molecule has 0 fully saturated rings. The molecule has 0 aliphatic heterocycles. The zero-order chi connectivity index (χ0) is 9.68. The van der Waals surface area contributed by atoms with Gasteiger partial charge in [0.2, 0.25) is 0 Å². The third-order valence-corrected chi connectivity index (χ3v) is 1.52. The Morgan fingerprint density at radius 2 is 2.00 bits per heavy atom. The molecule has 1 radical (unpaired) electrons. The zero-order valence-electron chi connectivity index (χ0n) is 7.36. The zero-order valence-corrected chi connectivity index (χ0v) is 7.36. The molecule has 0 spiro atoms. The van der Waals surface area contributed by atoms with E-state index >= 15 is 0 Å². The van der Waals surface area contributed by atoms with Crippen molar-refractivity contribution in [3.8, 4) is 0 Å². The fourth-order valence-electron chi connectivity index (χ4n) is 0.866. The number of amidine groups is 1. The van der Waals surface area contributed by atoms with Crippen molar-refractivity contribution in [2.75, 3.05) is 0 Å². The topological polar surface area (TPSA) is 56.4 Å². The van der Waals surface area contributed by atoms with Gasteiger partial charge in [-0.1, -0.05) is 30.3 Å². The molecule has 0 aromatic heterocycles. The quantitative estimate of drug-likeness (QED) is 0.391.